The van der Waals surface area contributed by atoms with Crippen LogP contribution >= 0.6 is 0 Å². The first-order valence-corrected chi connectivity index (χ1v) is 9.47. The van der Waals surface area contributed by atoms with Gasteiger partial charge in [-0.05, 0) is 36.4 Å². The maximum Gasteiger partial charge on any atom is 0.138 e. The predicted octanol–water partition coefficient (Wildman–Crippen LogP) is 3.09. The first-order chi connectivity index (χ1) is 13.3. The maximum atomic E-state index is 10.1. The Morgan fingerprint density at radius 1 is 0.815 bits per heavy atom. The second kappa shape index (κ2) is 8.14. The highest BCUT2D eigenvalue weighted by Gasteiger charge is 2.22. The average Bonchev–Trinajstić information content (AvgIpc) is 2.71. The Labute approximate surface area is 160 Å². The lowest BCUT2D eigenvalue weighted by Gasteiger charge is -2.34. The van der Waals surface area contributed by atoms with Gasteiger partial charge in [-0.15, -0.1) is 0 Å². The van der Waals surface area contributed by atoms with Gasteiger partial charge < -0.3 is 19.6 Å². The Hall–Kier alpha value is -2.98. The summed E-state index contributed by atoms with van der Waals surface area (Å²) in [7, 11) is 0. The zero-order chi connectivity index (χ0) is 18.5. The summed E-state index contributed by atoms with van der Waals surface area (Å²) in [6.07, 6.45) is 0. The number of ether oxygens (including phenoxy) is 1. The number of nitrogens with one attached hydrogen (secondary N) is 1. The van der Waals surface area contributed by atoms with Gasteiger partial charge in [0, 0.05) is 5.56 Å². The molecule has 4 rings (SSSR count). The van der Waals surface area contributed by atoms with E-state index >= 15 is 0 Å². The molecule has 0 aliphatic carbocycles. The highest BCUT2D eigenvalue weighted by Crippen LogP contribution is 2.27. The molecule has 0 aromatic heterocycles. The van der Waals surface area contributed by atoms with Gasteiger partial charge in [0.1, 0.15) is 23.8 Å². The lowest BCUT2D eigenvalue weighted by molar-refractivity contribution is -0.914. The van der Waals surface area contributed by atoms with Crippen molar-refractivity contribution in [2.75, 3.05) is 31.1 Å². The van der Waals surface area contributed by atoms with Gasteiger partial charge in [0.2, 0.25) is 0 Å². The molecule has 2 N–H and O–H groups in total. The first-order valence-electron chi connectivity index (χ1n) is 9.47. The van der Waals surface area contributed by atoms with Crippen LogP contribution in [0.1, 0.15) is 5.56 Å². The predicted molar refractivity (Wildman–Crippen MR) is 108 cm³/mol. The molecule has 0 atom stereocenters. The van der Waals surface area contributed by atoms with Crippen LogP contribution in [0.4, 0.5) is 5.69 Å². The van der Waals surface area contributed by atoms with Gasteiger partial charge in [-0.25, -0.2) is 0 Å². The summed E-state index contributed by atoms with van der Waals surface area (Å²) >= 11 is 0. The topological polar surface area (TPSA) is 37.1 Å². The van der Waals surface area contributed by atoms with Crippen molar-refractivity contribution in [3.8, 4) is 17.2 Å². The van der Waals surface area contributed by atoms with Crippen LogP contribution in [0.25, 0.3) is 0 Å². The number of benzene rings is 3. The molecule has 1 heterocycles. The second-order valence-corrected chi connectivity index (χ2v) is 6.93. The number of aromatic hydroxyl groups is 1. The molecule has 4 nitrogen and oxygen atoms in total. The van der Waals surface area contributed by atoms with Crippen LogP contribution < -0.4 is 14.5 Å². The molecule has 4 heteroatoms. The molecular weight excluding hydrogens is 336 g/mol. The van der Waals surface area contributed by atoms with E-state index in [0.717, 1.165) is 49.9 Å². The Kier molecular flexibility index (Phi) is 5.26. The lowest BCUT2D eigenvalue weighted by atomic mass is 10.1. The van der Waals surface area contributed by atoms with Crippen molar-refractivity contribution in [3.05, 3.63) is 84.4 Å². The number of piperazine rings is 1. The van der Waals surface area contributed by atoms with Crippen LogP contribution in [-0.2, 0) is 6.54 Å². The van der Waals surface area contributed by atoms with E-state index < -0.39 is 0 Å². The Morgan fingerprint density at radius 3 is 2.26 bits per heavy atom. The van der Waals surface area contributed by atoms with Crippen LogP contribution in [0.3, 0.4) is 0 Å². The van der Waals surface area contributed by atoms with E-state index in [2.05, 4.69) is 17.0 Å². The van der Waals surface area contributed by atoms with Crippen LogP contribution in [-0.4, -0.2) is 31.3 Å². The van der Waals surface area contributed by atoms with Crippen molar-refractivity contribution in [3.63, 3.8) is 0 Å². The zero-order valence-corrected chi connectivity index (χ0v) is 15.3. The molecule has 0 saturated carbocycles. The molecule has 27 heavy (non-hydrogen) atoms. The fourth-order valence-corrected chi connectivity index (χ4v) is 3.61. The van der Waals surface area contributed by atoms with Crippen molar-refractivity contribution in [1.29, 1.82) is 0 Å². The molecule has 0 amide bonds. The molecule has 1 saturated heterocycles. The summed E-state index contributed by atoms with van der Waals surface area (Å²) in [5.41, 5.74) is 2.16. The molecule has 138 valence electrons. The molecule has 0 unspecified atom stereocenters. The third kappa shape index (κ3) is 4.23. The number of phenolic OH excluding ortho intramolecular Hbond substituents is 1. The fourth-order valence-electron chi connectivity index (χ4n) is 3.61. The molecule has 1 aliphatic rings. The van der Waals surface area contributed by atoms with Gasteiger partial charge in [0.15, 0.2) is 0 Å². The smallest absolute Gasteiger partial charge is 0.138 e. The summed E-state index contributed by atoms with van der Waals surface area (Å²) in [5, 5.41) is 10.1. The van der Waals surface area contributed by atoms with E-state index in [0.29, 0.717) is 5.75 Å². The van der Waals surface area contributed by atoms with E-state index in [1.165, 1.54) is 10.5 Å². The average molecular weight is 361 g/mol. The van der Waals surface area contributed by atoms with Crippen molar-refractivity contribution in [1.82, 2.24) is 0 Å². The van der Waals surface area contributed by atoms with Gasteiger partial charge in [-0.1, -0.05) is 42.5 Å². The van der Waals surface area contributed by atoms with E-state index in [4.69, 9.17) is 4.74 Å². The maximum absolute atomic E-state index is 10.1. The van der Waals surface area contributed by atoms with Crippen molar-refractivity contribution in [2.45, 2.75) is 6.54 Å². The number of quaternary nitrogens is 1. The summed E-state index contributed by atoms with van der Waals surface area (Å²) in [4.78, 5) is 3.80. The van der Waals surface area contributed by atoms with E-state index in [1.807, 2.05) is 60.7 Å². The summed E-state index contributed by atoms with van der Waals surface area (Å²) in [5.74, 6) is 2.16. The van der Waals surface area contributed by atoms with Gasteiger partial charge in [-0.3, -0.25) is 0 Å². The number of phenols is 1. The number of anilines is 1. The third-order valence-corrected chi connectivity index (χ3v) is 5.08. The molecule has 3 aromatic rings. The Morgan fingerprint density at radius 2 is 1.48 bits per heavy atom. The molecule has 1 aliphatic heterocycles. The highest BCUT2D eigenvalue weighted by molar-refractivity contribution is 5.57. The normalized spacial score (nSPS) is 14.9. The van der Waals surface area contributed by atoms with Gasteiger partial charge in [0.05, 0.1) is 31.9 Å². The molecule has 0 bridgehead atoms. The SMILES string of the molecule is Oc1ccccc1N1CC[NH+](Cc2ccccc2Oc2ccccc2)CC1. The minimum Gasteiger partial charge on any atom is -0.506 e. The summed E-state index contributed by atoms with van der Waals surface area (Å²) in [6, 6.07) is 25.8. The van der Waals surface area contributed by atoms with Crippen LogP contribution in [0, 0.1) is 0 Å². The quantitative estimate of drug-likeness (QED) is 0.733. The van der Waals surface area contributed by atoms with Gasteiger partial charge in [0.25, 0.3) is 0 Å². The molecular formula is C23H25N2O2+. The lowest BCUT2D eigenvalue weighted by Crippen LogP contribution is -3.13. The molecule has 1 fully saturated rings. The number of rotatable bonds is 5. The fraction of sp³-hybridized carbons (Fsp3) is 0.217. The number of nitrogens with zero attached hydrogens (tertiary/aromatic N) is 1. The number of hydrogen-bond acceptors (Lipinski definition) is 3. The number of hydrogen-bond donors (Lipinski definition) is 2. The first kappa shape index (κ1) is 17.4. The Balaban J connectivity index is 1.40. The Bertz CT molecular complexity index is 874. The monoisotopic (exact) mass is 361 g/mol. The largest absolute Gasteiger partial charge is 0.506 e. The molecule has 0 radical (unpaired) electrons. The molecule has 0 spiro atoms. The standard InChI is InChI=1S/C23H24N2O2/c26-22-12-6-5-11-21(22)25-16-14-24(15-17-25)18-19-8-4-7-13-23(19)27-20-9-2-1-3-10-20/h1-13,26H,14-18H2/p+1. The minimum atomic E-state index is 0.363. The van der Waals surface area contributed by atoms with Crippen LogP contribution in [0.5, 0.6) is 17.2 Å². The minimum absolute atomic E-state index is 0.363. The number of para-hydroxylation sites is 4. The van der Waals surface area contributed by atoms with Gasteiger partial charge in [-0.2, -0.15) is 0 Å². The highest BCUT2D eigenvalue weighted by atomic mass is 16.5. The van der Waals surface area contributed by atoms with Crippen molar-refractivity contribution >= 4 is 5.69 Å². The van der Waals surface area contributed by atoms with E-state index in [9.17, 15) is 5.11 Å². The zero-order valence-electron chi connectivity index (χ0n) is 15.3. The third-order valence-electron chi connectivity index (χ3n) is 5.08. The van der Waals surface area contributed by atoms with Crippen LogP contribution in [0.15, 0.2) is 78.9 Å². The van der Waals surface area contributed by atoms with Gasteiger partial charge >= 0.3 is 0 Å². The van der Waals surface area contributed by atoms with E-state index in [1.54, 1.807) is 6.07 Å². The summed E-state index contributed by atoms with van der Waals surface area (Å²) in [6.45, 7) is 4.89. The van der Waals surface area contributed by atoms with Crippen LogP contribution in [0.2, 0.25) is 0 Å². The van der Waals surface area contributed by atoms with Crippen molar-refractivity contribution < 1.29 is 14.7 Å². The molecule has 3 aromatic carbocycles. The summed E-state index contributed by atoms with van der Waals surface area (Å²) < 4.78 is 6.10. The van der Waals surface area contributed by atoms with E-state index in [-0.39, 0.29) is 0 Å². The second-order valence-electron chi connectivity index (χ2n) is 6.93. The van der Waals surface area contributed by atoms with Crippen molar-refractivity contribution in [2.24, 2.45) is 0 Å².